The van der Waals surface area contributed by atoms with Crippen LogP contribution < -0.4 is 9.77 Å². The molecule has 0 spiro atoms. The summed E-state index contributed by atoms with van der Waals surface area (Å²) in [5.41, 5.74) is 2.66. The number of thioether (sulfide) groups is 1. The fourth-order valence-corrected chi connectivity index (χ4v) is 11.4. The number of amides is 2. The van der Waals surface area contributed by atoms with Crippen molar-refractivity contribution in [1.29, 1.82) is 0 Å². The number of carbonyl (C=O) groups is 2. The van der Waals surface area contributed by atoms with Crippen molar-refractivity contribution in [1.82, 2.24) is 4.57 Å². The van der Waals surface area contributed by atoms with Crippen LogP contribution >= 0.6 is 57.9 Å². The van der Waals surface area contributed by atoms with Gasteiger partial charge in [-0.3, -0.25) is 23.9 Å². The largest absolute Gasteiger partial charge is 0.308 e. The van der Waals surface area contributed by atoms with E-state index in [0.29, 0.717) is 27.3 Å². The zero-order valence-corrected chi connectivity index (χ0v) is 25.9. The Morgan fingerprint density at radius 1 is 0.738 bits per heavy atom. The number of benzene rings is 3. The number of rotatable bonds is 4. The van der Waals surface area contributed by atoms with Crippen LogP contribution in [0.5, 0.6) is 0 Å². The summed E-state index contributed by atoms with van der Waals surface area (Å²) in [6, 6.07) is 22.4. The van der Waals surface area contributed by atoms with Crippen LogP contribution in [0.2, 0.25) is 15.1 Å². The Labute approximate surface area is 265 Å². The fourth-order valence-electron chi connectivity index (χ4n) is 7.92. The maximum absolute atomic E-state index is 14.0. The van der Waals surface area contributed by atoms with Gasteiger partial charge in [-0.1, -0.05) is 70.4 Å². The zero-order valence-electron chi connectivity index (χ0n) is 22.0. The normalized spacial score (nSPS) is 29.1. The van der Waals surface area contributed by atoms with Gasteiger partial charge in [-0.2, -0.15) is 0 Å². The summed E-state index contributed by atoms with van der Waals surface area (Å²) in [5, 5.41) is 2.94. The Morgan fingerprint density at radius 3 is 1.95 bits per heavy atom. The average Bonchev–Trinajstić information content (AvgIpc) is 3.70. The van der Waals surface area contributed by atoms with Gasteiger partial charge in [0.25, 0.3) is 0 Å². The van der Waals surface area contributed by atoms with Gasteiger partial charge in [-0.15, -0.1) is 11.8 Å². The molecule has 2 bridgehead atoms. The summed E-state index contributed by atoms with van der Waals surface area (Å²) >= 11 is 21.5. The van der Waals surface area contributed by atoms with Crippen LogP contribution in [0.15, 0.2) is 82.6 Å². The second-order valence-electron chi connectivity index (χ2n) is 11.5. The van der Waals surface area contributed by atoms with Crippen molar-refractivity contribution in [2.45, 2.75) is 29.2 Å². The van der Waals surface area contributed by atoms with E-state index in [0.717, 1.165) is 27.5 Å². The first-order valence-electron chi connectivity index (χ1n) is 13.8. The van der Waals surface area contributed by atoms with Crippen molar-refractivity contribution < 1.29 is 9.59 Å². The van der Waals surface area contributed by atoms with Gasteiger partial charge in [0.1, 0.15) is 0 Å². The standard InChI is InChI=1S/C32H23Cl3N2O3S2/c33-17-5-1-15(2-6-17)14-36-31-28(42-32(36)40)23(16-3-7-18(34)8-4-16)24-21-13-22(27(24)41-31)26-25(21)29(38)37(30(26)39)20-11-9-19(35)10-12-20/h1-12,21-27H,13-14H2. The minimum Gasteiger partial charge on any atom is -0.289 e. The molecule has 42 heavy (non-hydrogen) atoms. The number of hydrogen-bond donors (Lipinski definition) is 0. The summed E-state index contributed by atoms with van der Waals surface area (Å²) in [7, 11) is 0. The molecule has 4 aromatic rings. The Kier molecular flexibility index (Phi) is 6.43. The van der Waals surface area contributed by atoms with Crippen molar-refractivity contribution in [3.8, 4) is 0 Å². The topological polar surface area (TPSA) is 59.4 Å². The molecule has 1 saturated heterocycles. The first-order valence-corrected chi connectivity index (χ1v) is 16.7. The number of imide groups is 1. The van der Waals surface area contributed by atoms with E-state index in [1.807, 2.05) is 53.1 Å². The fraction of sp³-hybridized carbons (Fsp3) is 0.281. The molecule has 2 aliphatic carbocycles. The third-order valence-corrected chi connectivity index (χ3v) is 13.1. The third-order valence-electron chi connectivity index (χ3n) is 9.52. The number of fused-ring (bicyclic) bond motifs is 9. The van der Waals surface area contributed by atoms with Gasteiger partial charge in [0.15, 0.2) is 0 Å². The van der Waals surface area contributed by atoms with Crippen molar-refractivity contribution >= 4 is 75.4 Å². The summed E-state index contributed by atoms with van der Waals surface area (Å²) in [5.74, 6) is -0.782. The lowest BCUT2D eigenvalue weighted by Crippen LogP contribution is -2.43. The highest BCUT2D eigenvalue weighted by atomic mass is 35.5. The van der Waals surface area contributed by atoms with Gasteiger partial charge < -0.3 is 0 Å². The molecule has 4 aliphatic rings. The van der Waals surface area contributed by atoms with Crippen molar-refractivity contribution in [3.63, 3.8) is 0 Å². The highest BCUT2D eigenvalue weighted by molar-refractivity contribution is 8.00. The van der Waals surface area contributed by atoms with E-state index in [1.165, 1.54) is 16.2 Å². The van der Waals surface area contributed by atoms with E-state index in [4.69, 9.17) is 34.8 Å². The van der Waals surface area contributed by atoms with E-state index in [1.54, 1.807) is 36.0 Å². The molecule has 2 amide bonds. The number of aromatic nitrogens is 1. The molecule has 2 saturated carbocycles. The van der Waals surface area contributed by atoms with Crippen LogP contribution in [0.25, 0.3) is 0 Å². The number of thiazole rings is 1. The molecule has 3 fully saturated rings. The van der Waals surface area contributed by atoms with E-state index < -0.39 is 0 Å². The molecule has 212 valence electrons. The molecular formula is C32H23Cl3N2O3S2. The number of anilines is 1. The van der Waals surface area contributed by atoms with Gasteiger partial charge in [0.2, 0.25) is 11.8 Å². The maximum Gasteiger partial charge on any atom is 0.308 e. The minimum absolute atomic E-state index is 0.00463. The van der Waals surface area contributed by atoms with Crippen molar-refractivity contribution in [2.75, 3.05) is 4.90 Å². The summed E-state index contributed by atoms with van der Waals surface area (Å²) < 4.78 is 1.87. The molecule has 0 radical (unpaired) electrons. The highest BCUT2D eigenvalue weighted by Gasteiger charge is 2.69. The molecule has 5 nitrogen and oxygen atoms in total. The van der Waals surface area contributed by atoms with Crippen LogP contribution in [0, 0.1) is 29.6 Å². The number of carbonyl (C=O) groups excluding carboxylic acids is 2. The van der Waals surface area contributed by atoms with Crippen LogP contribution in [-0.4, -0.2) is 21.6 Å². The van der Waals surface area contributed by atoms with Crippen molar-refractivity contribution in [2.24, 2.45) is 29.6 Å². The van der Waals surface area contributed by atoms with Gasteiger partial charge >= 0.3 is 4.87 Å². The Bertz CT molecular complexity index is 1800. The molecule has 3 aromatic carbocycles. The lowest BCUT2D eigenvalue weighted by Gasteiger charge is -2.43. The van der Waals surface area contributed by atoms with E-state index in [-0.39, 0.29) is 57.4 Å². The van der Waals surface area contributed by atoms with Crippen LogP contribution in [0.3, 0.4) is 0 Å². The highest BCUT2D eigenvalue weighted by Crippen LogP contribution is 2.69. The smallest absolute Gasteiger partial charge is 0.289 e. The quantitative estimate of drug-likeness (QED) is 0.213. The summed E-state index contributed by atoms with van der Waals surface area (Å²) in [6.07, 6.45) is 0.837. The molecule has 10 heteroatoms. The SMILES string of the molecule is O=C1C2C3CC(C2C(=O)N1c1ccc(Cl)cc1)C1C(c2ccc(Cl)cc2)c2sc(=O)n(Cc4ccc(Cl)cc4)c2SC31. The van der Waals surface area contributed by atoms with Gasteiger partial charge in [-0.05, 0) is 83.8 Å². The van der Waals surface area contributed by atoms with Gasteiger partial charge in [0.05, 0.1) is 29.1 Å². The molecular weight excluding hydrogens is 631 g/mol. The molecule has 7 atom stereocenters. The van der Waals surface area contributed by atoms with Crippen LogP contribution in [0.4, 0.5) is 5.69 Å². The summed E-state index contributed by atoms with van der Waals surface area (Å²) in [4.78, 5) is 43.8. The van der Waals surface area contributed by atoms with Crippen molar-refractivity contribution in [3.05, 3.63) is 114 Å². The molecule has 1 aromatic heterocycles. The maximum atomic E-state index is 14.0. The number of nitrogens with zero attached hydrogens (tertiary/aromatic N) is 2. The first kappa shape index (κ1) is 27.0. The lowest BCUT2D eigenvalue weighted by molar-refractivity contribution is -0.123. The van der Waals surface area contributed by atoms with E-state index in [2.05, 4.69) is 0 Å². The molecule has 0 N–H and O–H groups in total. The average molecular weight is 654 g/mol. The lowest BCUT2D eigenvalue weighted by atomic mass is 9.68. The molecule has 3 heterocycles. The van der Waals surface area contributed by atoms with Gasteiger partial charge in [-0.25, -0.2) is 0 Å². The second kappa shape index (κ2) is 10.00. The van der Waals surface area contributed by atoms with E-state index in [9.17, 15) is 14.4 Å². The monoisotopic (exact) mass is 652 g/mol. The Balaban J connectivity index is 1.23. The van der Waals surface area contributed by atoms with Crippen LogP contribution in [-0.2, 0) is 16.1 Å². The predicted octanol–water partition coefficient (Wildman–Crippen LogP) is 7.60. The van der Waals surface area contributed by atoms with E-state index >= 15 is 0 Å². The van der Waals surface area contributed by atoms with Crippen LogP contribution in [0.1, 0.15) is 28.3 Å². The minimum atomic E-state index is -0.357. The molecule has 8 rings (SSSR count). The Morgan fingerprint density at radius 2 is 1.31 bits per heavy atom. The number of halogens is 3. The molecule has 7 unspecified atom stereocenters. The number of hydrogen-bond acceptors (Lipinski definition) is 5. The third kappa shape index (κ3) is 4.01. The first-order chi connectivity index (χ1) is 20.3. The summed E-state index contributed by atoms with van der Waals surface area (Å²) in [6.45, 7) is 0.446. The molecule has 2 aliphatic heterocycles. The Hall–Kier alpha value is -2.55. The zero-order chi connectivity index (χ0) is 28.9. The van der Waals surface area contributed by atoms with Gasteiger partial charge in [0, 0.05) is 31.1 Å². The second-order valence-corrected chi connectivity index (χ2v) is 15.0. The predicted molar refractivity (Wildman–Crippen MR) is 168 cm³/mol.